The van der Waals surface area contributed by atoms with Crippen molar-refractivity contribution in [1.82, 2.24) is 15.2 Å². The Labute approximate surface area is 130 Å². The molecule has 0 saturated carbocycles. The number of hydrogen-bond donors (Lipinski definition) is 1. The zero-order valence-corrected chi connectivity index (χ0v) is 13.9. The van der Waals surface area contributed by atoms with Gasteiger partial charge in [-0.15, -0.1) is 11.3 Å². The number of likely N-dealkylation sites (N-methyl/N-ethyl adjacent to an activating group) is 1. The number of nitrogens with one attached hydrogen (secondary N) is 1. The maximum absolute atomic E-state index is 11.9. The van der Waals surface area contributed by atoms with Gasteiger partial charge in [0.15, 0.2) is 0 Å². The Bertz CT molecular complexity index is 575. The van der Waals surface area contributed by atoms with Crippen molar-refractivity contribution in [3.8, 4) is 0 Å². The Morgan fingerprint density at radius 2 is 2.05 bits per heavy atom. The summed E-state index contributed by atoms with van der Waals surface area (Å²) in [5, 5.41) is 4.00. The van der Waals surface area contributed by atoms with Crippen LogP contribution in [0.25, 0.3) is 10.2 Å². The van der Waals surface area contributed by atoms with Gasteiger partial charge >= 0.3 is 0 Å². The minimum Gasteiger partial charge on any atom is -0.355 e. The summed E-state index contributed by atoms with van der Waals surface area (Å²) in [6.45, 7) is 7.39. The van der Waals surface area contributed by atoms with Crippen LogP contribution in [0.15, 0.2) is 24.3 Å². The molecule has 1 aromatic heterocycles. The van der Waals surface area contributed by atoms with Gasteiger partial charge in [-0.25, -0.2) is 4.98 Å². The predicted molar refractivity (Wildman–Crippen MR) is 88.5 cm³/mol. The molecule has 114 valence electrons. The van der Waals surface area contributed by atoms with Gasteiger partial charge < -0.3 is 5.32 Å². The van der Waals surface area contributed by atoms with Gasteiger partial charge in [0.25, 0.3) is 0 Å². The average Bonchev–Trinajstić information content (AvgIpc) is 2.88. The van der Waals surface area contributed by atoms with E-state index in [-0.39, 0.29) is 11.9 Å². The molecule has 1 amide bonds. The number of benzene rings is 1. The predicted octanol–water partition coefficient (Wildman–Crippen LogP) is 3.06. The van der Waals surface area contributed by atoms with E-state index in [9.17, 15) is 4.79 Å². The molecule has 0 saturated heterocycles. The Kier molecular flexibility index (Phi) is 5.31. The second kappa shape index (κ2) is 7.00. The van der Waals surface area contributed by atoms with E-state index in [1.807, 2.05) is 30.1 Å². The van der Waals surface area contributed by atoms with Gasteiger partial charge in [0, 0.05) is 6.54 Å². The van der Waals surface area contributed by atoms with Gasteiger partial charge in [-0.2, -0.15) is 0 Å². The topological polar surface area (TPSA) is 45.2 Å². The largest absolute Gasteiger partial charge is 0.355 e. The maximum Gasteiger partial charge on any atom is 0.234 e. The van der Waals surface area contributed by atoms with E-state index in [4.69, 9.17) is 0 Å². The van der Waals surface area contributed by atoms with Crippen LogP contribution in [0, 0.1) is 5.92 Å². The molecule has 4 nitrogen and oxygen atoms in total. The smallest absolute Gasteiger partial charge is 0.234 e. The lowest BCUT2D eigenvalue weighted by Crippen LogP contribution is -2.37. The minimum atomic E-state index is 0.0687. The van der Waals surface area contributed by atoms with Crippen LogP contribution in [0.4, 0.5) is 0 Å². The standard InChI is InChI=1S/C16H23N3OS/c1-11(2)9-17-15(20)10-19(4)12(3)16-18-13-7-5-6-8-14(13)21-16/h5-8,11-12H,9-10H2,1-4H3,(H,17,20)/t12-/m1/s1. The molecule has 2 aromatic rings. The lowest BCUT2D eigenvalue weighted by molar-refractivity contribution is -0.122. The number of rotatable bonds is 6. The van der Waals surface area contributed by atoms with Gasteiger partial charge in [-0.05, 0) is 32.0 Å². The summed E-state index contributed by atoms with van der Waals surface area (Å²) >= 11 is 1.69. The van der Waals surface area contributed by atoms with Crippen molar-refractivity contribution in [3.63, 3.8) is 0 Å². The molecule has 2 rings (SSSR count). The van der Waals surface area contributed by atoms with Crippen LogP contribution >= 0.6 is 11.3 Å². The first-order valence-corrected chi connectivity index (χ1v) is 8.11. The molecule has 0 fully saturated rings. The summed E-state index contributed by atoms with van der Waals surface area (Å²) in [4.78, 5) is 18.6. The quantitative estimate of drug-likeness (QED) is 0.892. The molecule has 0 bridgehead atoms. The third-order valence-electron chi connectivity index (χ3n) is 3.43. The molecule has 0 aliphatic heterocycles. The molecule has 0 spiro atoms. The number of hydrogen-bond acceptors (Lipinski definition) is 4. The average molecular weight is 305 g/mol. The van der Waals surface area contributed by atoms with Gasteiger partial charge in [-0.1, -0.05) is 26.0 Å². The third kappa shape index (κ3) is 4.25. The molecule has 0 aliphatic rings. The zero-order chi connectivity index (χ0) is 15.4. The van der Waals surface area contributed by atoms with E-state index in [0.29, 0.717) is 12.5 Å². The fourth-order valence-electron chi connectivity index (χ4n) is 1.99. The second-order valence-electron chi connectivity index (χ2n) is 5.81. The zero-order valence-electron chi connectivity index (χ0n) is 13.1. The van der Waals surface area contributed by atoms with E-state index in [0.717, 1.165) is 17.1 Å². The fraction of sp³-hybridized carbons (Fsp3) is 0.500. The third-order valence-corrected chi connectivity index (χ3v) is 4.64. The number of carbonyl (C=O) groups excluding carboxylic acids is 1. The number of nitrogens with zero attached hydrogens (tertiary/aromatic N) is 2. The number of fused-ring (bicyclic) bond motifs is 1. The van der Waals surface area contributed by atoms with Crippen molar-refractivity contribution in [2.75, 3.05) is 20.1 Å². The van der Waals surface area contributed by atoms with Crippen molar-refractivity contribution < 1.29 is 4.79 Å². The monoisotopic (exact) mass is 305 g/mol. The maximum atomic E-state index is 11.9. The van der Waals surface area contributed by atoms with Gasteiger partial charge in [-0.3, -0.25) is 9.69 Å². The first-order valence-electron chi connectivity index (χ1n) is 7.29. The second-order valence-corrected chi connectivity index (χ2v) is 6.87. The van der Waals surface area contributed by atoms with Gasteiger partial charge in [0.05, 0.1) is 22.8 Å². The van der Waals surface area contributed by atoms with Crippen molar-refractivity contribution in [3.05, 3.63) is 29.3 Å². The fourth-order valence-corrected chi connectivity index (χ4v) is 3.08. The lowest BCUT2D eigenvalue weighted by Gasteiger charge is -2.22. The lowest BCUT2D eigenvalue weighted by atomic mass is 10.2. The summed E-state index contributed by atoms with van der Waals surface area (Å²) in [7, 11) is 1.96. The Hall–Kier alpha value is -1.46. The highest BCUT2D eigenvalue weighted by molar-refractivity contribution is 7.18. The highest BCUT2D eigenvalue weighted by atomic mass is 32.1. The SMILES string of the molecule is CC(C)CNC(=O)CN(C)[C@H](C)c1nc2ccccc2s1. The molecular formula is C16H23N3OS. The van der Waals surface area contributed by atoms with E-state index in [1.165, 1.54) is 4.70 Å². The summed E-state index contributed by atoms with van der Waals surface area (Å²) < 4.78 is 1.19. The van der Waals surface area contributed by atoms with Gasteiger partial charge in [0.2, 0.25) is 5.91 Å². The van der Waals surface area contributed by atoms with E-state index < -0.39 is 0 Å². The Balaban J connectivity index is 1.98. The first kappa shape index (κ1) is 15.9. The Morgan fingerprint density at radius 1 is 1.33 bits per heavy atom. The summed E-state index contributed by atoms with van der Waals surface area (Å²) in [5.74, 6) is 0.542. The van der Waals surface area contributed by atoms with Crippen molar-refractivity contribution in [2.45, 2.75) is 26.8 Å². The molecule has 1 heterocycles. The normalized spacial score (nSPS) is 13.0. The number of para-hydroxylation sites is 1. The molecular weight excluding hydrogens is 282 g/mol. The van der Waals surface area contributed by atoms with E-state index in [2.05, 4.69) is 37.1 Å². The molecule has 0 radical (unpaired) electrons. The highest BCUT2D eigenvalue weighted by Gasteiger charge is 2.18. The molecule has 5 heteroatoms. The molecule has 1 N–H and O–H groups in total. The minimum absolute atomic E-state index is 0.0687. The van der Waals surface area contributed by atoms with E-state index >= 15 is 0 Å². The molecule has 21 heavy (non-hydrogen) atoms. The van der Waals surface area contributed by atoms with Crippen LogP contribution in [0.1, 0.15) is 31.8 Å². The number of amides is 1. The molecule has 1 atom stereocenters. The van der Waals surface area contributed by atoms with Crippen LogP contribution < -0.4 is 5.32 Å². The summed E-state index contributed by atoms with van der Waals surface area (Å²) in [6, 6.07) is 8.26. The van der Waals surface area contributed by atoms with E-state index in [1.54, 1.807) is 11.3 Å². The van der Waals surface area contributed by atoms with Crippen LogP contribution in [-0.2, 0) is 4.79 Å². The van der Waals surface area contributed by atoms with Crippen molar-refractivity contribution in [2.24, 2.45) is 5.92 Å². The Morgan fingerprint density at radius 3 is 2.71 bits per heavy atom. The summed E-state index contributed by atoms with van der Waals surface area (Å²) in [6.07, 6.45) is 0. The summed E-state index contributed by atoms with van der Waals surface area (Å²) in [5.41, 5.74) is 1.03. The van der Waals surface area contributed by atoms with Crippen LogP contribution in [0.2, 0.25) is 0 Å². The first-order chi connectivity index (χ1) is 9.97. The van der Waals surface area contributed by atoms with Crippen LogP contribution in [-0.4, -0.2) is 35.9 Å². The van der Waals surface area contributed by atoms with Crippen LogP contribution in [0.5, 0.6) is 0 Å². The molecule has 0 unspecified atom stereocenters. The van der Waals surface area contributed by atoms with Crippen LogP contribution in [0.3, 0.4) is 0 Å². The van der Waals surface area contributed by atoms with Crippen molar-refractivity contribution in [1.29, 1.82) is 0 Å². The number of carbonyl (C=O) groups is 1. The number of thiazole rings is 1. The highest BCUT2D eigenvalue weighted by Crippen LogP contribution is 2.28. The van der Waals surface area contributed by atoms with Crippen molar-refractivity contribution >= 4 is 27.5 Å². The number of aromatic nitrogens is 1. The van der Waals surface area contributed by atoms with Gasteiger partial charge in [0.1, 0.15) is 5.01 Å². The molecule has 1 aromatic carbocycles. The molecule has 0 aliphatic carbocycles.